The van der Waals surface area contributed by atoms with Crippen molar-refractivity contribution in [2.45, 2.75) is 57.2 Å². The highest BCUT2D eigenvalue weighted by atomic mass is 16.5. The lowest BCUT2D eigenvalue weighted by Gasteiger charge is -2.43. The number of likely N-dealkylation sites (N-methyl/N-ethyl adjacent to an activating group) is 1. The van der Waals surface area contributed by atoms with Gasteiger partial charge in [0, 0.05) is 37.7 Å². The zero-order chi connectivity index (χ0) is 17.6. The molecule has 0 aromatic heterocycles. The average molecular weight is 342 g/mol. The van der Waals surface area contributed by atoms with Gasteiger partial charge in [0.05, 0.1) is 0 Å². The smallest absolute Gasteiger partial charge is 0.225 e. The molecule has 1 amide bonds. The Morgan fingerprint density at radius 3 is 2.64 bits per heavy atom. The molecule has 0 saturated heterocycles. The second-order valence-corrected chi connectivity index (χ2v) is 8.56. The van der Waals surface area contributed by atoms with Crippen molar-refractivity contribution in [3.8, 4) is 5.75 Å². The van der Waals surface area contributed by atoms with Gasteiger partial charge >= 0.3 is 0 Å². The number of para-hydroxylation sites is 1. The summed E-state index contributed by atoms with van der Waals surface area (Å²) in [5.74, 6) is 2.27. The van der Waals surface area contributed by atoms with Gasteiger partial charge in [0.1, 0.15) is 11.4 Å². The zero-order valence-corrected chi connectivity index (χ0v) is 15.7. The normalized spacial score (nSPS) is 34.8. The molecule has 0 radical (unpaired) electrons. The molecule has 1 aromatic rings. The number of carbonyl (C=O) groups excluding carboxylic acids is 1. The van der Waals surface area contributed by atoms with Gasteiger partial charge in [0.15, 0.2) is 0 Å². The fourth-order valence-electron chi connectivity index (χ4n) is 4.72. The summed E-state index contributed by atoms with van der Waals surface area (Å²) in [6.45, 7) is 4.09. The molecule has 4 heteroatoms. The highest BCUT2D eigenvalue weighted by Gasteiger charge is 2.45. The number of rotatable bonds is 2. The van der Waals surface area contributed by atoms with Crippen LogP contribution in [0.25, 0.3) is 0 Å². The maximum Gasteiger partial charge on any atom is 0.225 e. The molecule has 3 aliphatic rings. The topological polar surface area (TPSA) is 32.8 Å². The fraction of sp³-hybridized carbons (Fsp3) is 0.667. The van der Waals surface area contributed by atoms with Crippen LogP contribution in [0.1, 0.15) is 44.6 Å². The maximum atomic E-state index is 12.5. The number of ether oxygens (including phenoxy) is 1. The van der Waals surface area contributed by atoms with Crippen LogP contribution in [0.2, 0.25) is 0 Å². The second kappa shape index (κ2) is 6.31. The Labute approximate surface area is 151 Å². The van der Waals surface area contributed by atoms with E-state index < -0.39 is 0 Å². The summed E-state index contributed by atoms with van der Waals surface area (Å²) in [4.78, 5) is 17.0. The molecule has 0 N–H and O–H groups in total. The molecule has 1 heterocycles. The van der Waals surface area contributed by atoms with Gasteiger partial charge < -0.3 is 9.64 Å². The molecule has 2 atom stereocenters. The van der Waals surface area contributed by atoms with Gasteiger partial charge in [0.2, 0.25) is 5.91 Å². The van der Waals surface area contributed by atoms with Crippen molar-refractivity contribution in [1.82, 2.24) is 9.80 Å². The third-order valence-electron chi connectivity index (χ3n) is 6.49. The molecule has 0 bridgehead atoms. The van der Waals surface area contributed by atoms with Crippen LogP contribution in [0.3, 0.4) is 0 Å². The number of amides is 1. The lowest BCUT2D eigenvalue weighted by Crippen LogP contribution is -2.51. The van der Waals surface area contributed by atoms with E-state index in [4.69, 9.17) is 4.74 Å². The van der Waals surface area contributed by atoms with E-state index in [2.05, 4.69) is 43.1 Å². The molecule has 136 valence electrons. The standard InChI is InChI=1S/C21H30N2O2/c1-15-12-18(15)20(24)23(3)17-8-10-21(11-9-17)14-22(2)13-16-6-4-5-7-19(16)25-21/h4-7,15,17-18H,8-14H2,1-3H3/t15-,17?,18+,21?/m0/s1. The molecular weight excluding hydrogens is 312 g/mol. The van der Waals surface area contributed by atoms with Gasteiger partial charge in [-0.3, -0.25) is 9.69 Å². The zero-order valence-electron chi connectivity index (χ0n) is 15.7. The first kappa shape index (κ1) is 16.9. The van der Waals surface area contributed by atoms with E-state index in [9.17, 15) is 4.79 Å². The number of hydrogen-bond acceptors (Lipinski definition) is 3. The molecule has 4 nitrogen and oxygen atoms in total. The highest BCUT2D eigenvalue weighted by molar-refractivity contribution is 5.81. The Morgan fingerprint density at radius 1 is 1.28 bits per heavy atom. The van der Waals surface area contributed by atoms with Gasteiger partial charge in [-0.25, -0.2) is 0 Å². The van der Waals surface area contributed by atoms with Crippen molar-refractivity contribution in [2.24, 2.45) is 11.8 Å². The van der Waals surface area contributed by atoms with Crippen molar-refractivity contribution in [3.63, 3.8) is 0 Å². The highest BCUT2D eigenvalue weighted by Crippen LogP contribution is 2.42. The summed E-state index contributed by atoms with van der Waals surface area (Å²) in [5.41, 5.74) is 1.17. The molecule has 0 unspecified atom stereocenters. The van der Waals surface area contributed by atoms with Crippen LogP contribution in [0.15, 0.2) is 24.3 Å². The molecule has 4 rings (SSSR count). The summed E-state index contributed by atoms with van der Waals surface area (Å²) in [5, 5.41) is 0. The van der Waals surface area contributed by atoms with E-state index >= 15 is 0 Å². The molecule has 2 aliphatic carbocycles. The van der Waals surface area contributed by atoms with Crippen LogP contribution in [0.4, 0.5) is 0 Å². The van der Waals surface area contributed by atoms with Crippen LogP contribution in [0.5, 0.6) is 5.75 Å². The number of nitrogens with zero attached hydrogens (tertiary/aromatic N) is 2. The Kier molecular flexibility index (Phi) is 4.27. The summed E-state index contributed by atoms with van der Waals surface area (Å²) < 4.78 is 6.58. The second-order valence-electron chi connectivity index (χ2n) is 8.56. The number of carbonyl (C=O) groups is 1. The largest absolute Gasteiger partial charge is 0.486 e. The summed E-state index contributed by atoms with van der Waals surface area (Å²) in [6, 6.07) is 8.79. The first-order valence-corrected chi connectivity index (χ1v) is 9.69. The van der Waals surface area contributed by atoms with Gasteiger partial charge in [-0.1, -0.05) is 25.1 Å². The molecule has 25 heavy (non-hydrogen) atoms. The fourth-order valence-corrected chi connectivity index (χ4v) is 4.72. The van der Waals surface area contributed by atoms with Crippen molar-refractivity contribution >= 4 is 5.91 Å². The van der Waals surface area contributed by atoms with E-state index in [1.807, 2.05) is 11.9 Å². The maximum absolute atomic E-state index is 12.5. The van der Waals surface area contributed by atoms with Crippen LogP contribution in [0, 0.1) is 11.8 Å². The monoisotopic (exact) mass is 342 g/mol. The minimum atomic E-state index is -0.103. The quantitative estimate of drug-likeness (QED) is 0.827. The van der Waals surface area contributed by atoms with Crippen molar-refractivity contribution < 1.29 is 9.53 Å². The minimum Gasteiger partial charge on any atom is -0.486 e. The summed E-state index contributed by atoms with van der Waals surface area (Å²) >= 11 is 0. The average Bonchev–Trinajstić information content (AvgIpc) is 3.34. The van der Waals surface area contributed by atoms with E-state index in [0.29, 0.717) is 17.9 Å². The molecule has 2 fully saturated rings. The van der Waals surface area contributed by atoms with Crippen molar-refractivity contribution in [2.75, 3.05) is 20.6 Å². The third-order valence-corrected chi connectivity index (χ3v) is 6.49. The first-order valence-electron chi connectivity index (χ1n) is 9.69. The number of fused-ring (bicyclic) bond motifs is 1. The van der Waals surface area contributed by atoms with Gasteiger partial charge in [-0.2, -0.15) is 0 Å². The Balaban J connectivity index is 1.44. The lowest BCUT2D eigenvalue weighted by atomic mass is 9.81. The van der Waals surface area contributed by atoms with Gasteiger partial charge in [-0.15, -0.1) is 0 Å². The molecule has 1 aromatic carbocycles. The third kappa shape index (κ3) is 3.29. The molecular formula is C21H30N2O2. The first-order chi connectivity index (χ1) is 12.0. The minimum absolute atomic E-state index is 0.103. The van der Waals surface area contributed by atoms with Crippen LogP contribution >= 0.6 is 0 Å². The Bertz CT molecular complexity index is 651. The Morgan fingerprint density at radius 2 is 1.96 bits per heavy atom. The van der Waals surface area contributed by atoms with Crippen molar-refractivity contribution in [1.29, 1.82) is 0 Å². The van der Waals surface area contributed by atoms with E-state index in [1.54, 1.807) is 0 Å². The lowest BCUT2D eigenvalue weighted by molar-refractivity contribution is -0.135. The SMILES string of the molecule is C[C@H]1C[C@H]1C(=O)N(C)C1CCC2(CC1)CN(C)Cc1ccccc1O2. The summed E-state index contributed by atoms with van der Waals surface area (Å²) in [7, 11) is 4.19. The number of benzene rings is 1. The molecule has 1 aliphatic heterocycles. The van der Waals surface area contributed by atoms with E-state index in [1.165, 1.54) is 5.56 Å². The molecule has 2 saturated carbocycles. The predicted octanol–water partition coefficient (Wildman–Crippen LogP) is 3.31. The van der Waals surface area contributed by atoms with E-state index in [-0.39, 0.29) is 11.5 Å². The van der Waals surface area contributed by atoms with Crippen LogP contribution in [-0.4, -0.2) is 48.0 Å². The molecule has 1 spiro atoms. The predicted molar refractivity (Wildman–Crippen MR) is 98.4 cm³/mol. The van der Waals surface area contributed by atoms with Crippen molar-refractivity contribution in [3.05, 3.63) is 29.8 Å². The van der Waals surface area contributed by atoms with Gasteiger partial charge in [-0.05, 0) is 51.1 Å². The Hall–Kier alpha value is -1.55. The van der Waals surface area contributed by atoms with Gasteiger partial charge in [0.25, 0.3) is 0 Å². The van der Waals surface area contributed by atoms with Crippen LogP contribution < -0.4 is 4.74 Å². The van der Waals surface area contributed by atoms with Crippen LogP contribution in [-0.2, 0) is 11.3 Å². The van der Waals surface area contributed by atoms with E-state index in [0.717, 1.165) is 50.9 Å². The summed E-state index contributed by atoms with van der Waals surface area (Å²) in [6.07, 6.45) is 5.20. The number of hydrogen-bond donors (Lipinski definition) is 0.